The number of nitrogens with two attached hydrogens (primary N) is 2. The summed E-state index contributed by atoms with van der Waals surface area (Å²) < 4.78 is 56.2. The monoisotopic (exact) mass is 579 g/mol. The van der Waals surface area contributed by atoms with Gasteiger partial charge < -0.3 is 10.6 Å². The minimum atomic E-state index is -4.70. The van der Waals surface area contributed by atoms with Crippen LogP contribution in [0, 0.1) is 18.7 Å². The minimum absolute atomic E-state index is 0.0254. The van der Waals surface area contributed by atoms with Crippen molar-refractivity contribution >= 4 is 24.6 Å². The summed E-state index contributed by atoms with van der Waals surface area (Å²) >= 11 is 0. The smallest absolute Gasteiger partial charge is 0.368 e. The SMILES string of the molecule is C=Nc1c(/C=C(\CN(CC)CC2CCCC2)CN(Cc2cc(F)cc(C(F)(F)F)c2)/C(N)=N/N(C)N)c(C)nn1C. The van der Waals surface area contributed by atoms with E-state index in [1.807, 2.05) is 13.0 Å². The summed E-state index contributed by atoms with van der Waals surface area (Å²) in [5.41, 5.74) is 7.76. The van der Waals surface area contributed by atoms with E-state index in [1.165, 1.54) is 32.7 Å². The molecule has 1 aliphatic carbocycles. The second-order valence-corrected chi connectivity index (χ2v) is 10.6. The van der Waals surface area contributed by atoms with E-state index in [9.17, 15) is 17.6 Å². The Morgan fingerprint density at radius 2 is 1.90 bits per heavy atom. The van der Waals surface area contributed by atoms with Crippen LogP contribution in [0.4, 0.5) is 23.4 Å². The van der Waals surface area contributed by atoms with Gasteiger partial charge in [-0.15, -0.1) is 5.10 Å². The number of halogens is 4. The molecule has 1 heterocycles. The molecule has 2 aromatic rings. The van der Waals surface area contributed by atoms with E-state index in [0.717, 1.165) is 47.2 Å². The zero-order chi connectivity index (χ0) is 30.3. The maximum Gasteiger partial charge on any atom is 0.416 e. The summed E-state index contributed by atoms with van der Waals surface area (Å²) in [4.78, 5) is 8.08. The first-order valence-corrected chi connectivity index (χ1v) is 13.7. The third kappa shape index (κ3) is 9.02. The van der Waals surface area contributed by atoms with Crippen LogP contribution >= 0.6 is 0 Å². The predicted molar refractivity (Wildman–Crippen MR) is 155 cm³/mol. The summed E-state index contributed by atoms with van der Waals surface area (Å²) in [5.74, 6) is 5.91. The van der Waals surface area contributed by atoms with E-state index >= 15 is 0 Å². The van der Waals surface area contributed by atoms with Crippen molar-refractivity contribution in [2.24, 2.45) is 34.6 Å². The number of benzene rings is 1. The lowest BCUT2D eigenvalue weighted by Crippen LogP contribution is -2.42. The molecule has 1 saturated carbocycles. The maximum absolute atomic E-state index is 14.3. The van der Waals surface area contributed by atoms with Gasteiger partial charge >= 0.3 is 6.18 Å². The number of hydrogen-bond donors (Lipinski definition) is 2. The number of rotatable bonds is 12. The van der Waals surface area contributed by atoms with Gasteiger partial charge in [0.25, 0.3) is 0 Å². The van der Waals surface area contributed by atoms with Crippen LogP contribution in [0.25, 0.3) is 6.08 Å². The van der Waals surface area contributed by atoms with Crippen LogP contribution in [0.1, 0.15) is 55.0 Å². The largest absolute Gasteiger partial charge is 0.416 e. The lowest BCUT2D eigenvalue weighted by molar-refractivity contribution is -0.137. The van der Waals surface area contributed by atoms with Crippen LogP contribution < -0.4 is 11.6 Å². The Morgan fingerprint density at radius 1 is 1.22 bits per heavy atom. The number of aryl methyl sites for hydroxylation is 2. The Morgan fingerprint density at radius 3 is 2.49 bits per heavy atom. The van der Waals surface area contributed by atoms with Crippen molar-refractivity contribution in [2.75, 3.05) is 33.2 Å². The van der Waals surface area contributed by atoms with Gasteiger partial charge in [-0.05, 0) is 74.4 Å². The first kappa shape index (κ1) is 32.1. The Balaban J connectivity index is 2.04. The van der Waals surface area contributed by atoms with Gasteiger partial charge in [0.05, 0.1) is 11.3 Å². The molecule has 0 aliphatic heterocycles. The summed E-state index contributed by atoms with van der Waals surface area (Å²) in [6, 6.07) is 2.46. The second kappa shape index (κ2) is 13.9. The summed E-state index contributed by atoms with van der Waals surface area (Å²) in [6.45, 7) is 10.0. The third-order valence-corrected chi connectivity index (χ3v) is 7.24. The van der Waals surface area contributed by atoms with E-state index in [1.54, 1.807) is 16.6 Å². The molecule has 41 heavy (non-hydrogen) atoms. The topological polar surface area (TPSA) is 104 Å². The normalized spacial score (nSPS) is 15.2. The van der Waals surface area contributed by atoms with Crippen LogP contribution in [0.2, 0.25) is 0 Å². The third-order valence-electron chi connectivity index (χ3n) is 7.24. The molecule has 0 atom stereocenters. The molecule has 13 heteroatoms. The molecule has 4 N–H and O–H groups in total. The highest BCUT2D eigenvalue weighted by atomic mass is 19.4. The molecule has 0 unspecified atom stereocenters. The number of aliphatic imine (C=N–C) groups is 1. The molecule has 3 rings (SSSR count). The van der Waals surface area contributed by atoms with Crippen LogP contribution in [0.15, 0.2) is 33.9 Å². The van der Waals surface area contributed by atoms with Gasteiger partial charge in [-0.1, -0.05) is 19.8 Å². The first-order valence-electron chi connectivity index (χ1n) is 13.7. The maximum atomic E-state index is 14.3. The molecule has 9 nitrogen and oxygen atoms in total. The Labute approximate surface area is 239 Å². The molecule has 0 saturated heterocycles. The molecule has 0 radical (unpaired) electrons. The van der Waals surface area contributed by atoms with E-state index in [-0.39, 0.29) is 24.6 Å². The fourth-order valence-electron chi connectivity index (χ4n) is 5.33. The minimum Gasteiger partial charge on any atom is -0.368 e. The van der Waals surface area contributed by atoms with Crippen LogP contribution in [-0.2, 0) is 19.8 Å². The average molecular weight is 580 g/mol. The zero-order valence-corrected chi connectivity index (χ0v) is 24.3. The highest BCUT2D eigenvalue weighted by Crippen LogP contribution is 2.31. The van der Waals surface area contributed by atoms with Gasteiger partial charge in [0.15, 0.2) is 5.82 Å². The van der Waals surface area contributed by atoms with Gasteiger partial charge in [0, 0.05) is 45.8 Å². The summed E-state index contributed by atoms with van der Waals surface area (Å²) in [7, 11) is 3.26. The second-order valence-electron chi connectivity index (χ2n) is 10.6. The number of nitrogens with zero attached hydrogens (tertiary/aromatic N) is 7. The van der Waals surface area contributed by atoms with E-state index in [0.29, 0.717) is 24.3 Å². The Hall–Kier alpha value is -3.45. The van der Waals surface area contributed by atoms with Crippen molar-refractivity contribution in [3.63, 3.8) is 0 Å². The summed E-state index contributed by atoms with van der Waals surface area (Å²) in [6.07, 6.45) is 2.12. The molecule has 226 valence electrons. The highest BCUT2D eigenvalue weighted by molar-refractivity contribution is 5.78. The average Bonchev–Trinajstić information content (AvgIpc) is 3.48. The van der Waals surface area contributed by atoms with Gasteiger partial charge in [-0.3, -0.25) is 9.58 Å². The molecule has 1 fully saturated rings. The van der Waals surface area contributed by atoms with Crippen LogP contribution in [0.3, 0.4) is 0 Å². The van der Waals surface area contributed by atoms with Gasteiger partial charge in [0.2, 0.25) is 5.96 Å². The van der Waals surface area contributed by atoms with Crippen molar-refractivity contribution in [1.29, 1.82) is 0 Å². The fourth-order valence-corrected chi connectivity index (χ4v) is 5.33. The molecular formula is C28H41F4N9. The van der Waals surface area contributed by atoms with Crippen molar-refractivity contribution in [3.05, 3.63) is 52.0 Å². The zero-order valence-electron chi connectivity index (χ0n) is 24.3. The van der Waals surface area contributed by atoms with E-state index in [2.05, 4.69) is 33.7 Å². The Kier molecular flexibility index (Phi) is 10.9. The van der Waals surface area contributed by atoms with Crippen molar-refractivity contribution in [3.8, 4) is 0 Å². The molecule has 0 bridgehead atoms. The lowest BCUT2D eigenvalue weighted by Gasteiger charge is -2.30. The number of hydrazone groups is 1. The number of likely N-dealkylation sites (N-methyl/N-ethyl adjacent to an activating group) is 1. The molecule has 0 amide bonds. The molecule has 1 aliphatic rings. The number of aromatic nitrogens is 2. The standard InChI is InChI=1S/C28H41F4N9/c1-6-40(15-20-9-7-8-10-20)16-22(13-25-19(2)36-38(4)26(25)35-3)18-41(27(33)37-39(5)34)17-21-11-23(28(30,31)32)14-24(29)12-21/h11-14,20H,3,6-10,15-18,34H2,1-2,4-5H3,(H2,33,37)/b22-13+. The number of alkyl halides is 3. The van der Waals surface area contributed by atoms with Crippen molar-refractivity contribution in [1.82, 2.24) is 24.7 Å². The van der Waals surface area contributed by atoms with Crippen molar-refractivity contribution in [2.45, 2.75) is 52.3 Å². The number of guanidine groups is 1. The number of hydrogen-bond acceptors (Lipinski definition) is 6. The predicted octanol–water partition coefficient (Wildman–Crippen LogP) is 4.65. The molecule has 1 aromatic carbocycles. The quantitative estimate of drug-likeness (QED) is 0.125. The number of hydrazine groups is 1. The Bertz CT molecular complexity index is 1240. The van der Waals surface area contributed by atoms with Gasteiger partial charge in [0.1, 0.15) is 5.82 Å². The lowest BCUT2D eigenvalue weighted by atomic mass is 10.1. The fraction of sp³-hybridized carbons (Fsp3) is 0.536. The highest BCUT2D eigenvalue weighted by Gasteiger charge is 2.31. The van der Waals surface area contributed by atoms with Gasteiger partial charge in [-0.2, -0.15) is 18.3 Å². The van der Waals surface area contributed by atoms with E-state index < -0.39 is 17.6 Å². The molecular weight excluding hydrogens is 538 g/mol. The van der Waals surface area contributed by atoms with Crippen molar-refractivity contribution < 1.29 is 17.6 Å². The molecule has 0 spiro atoms. The summed E-state index contributed by atoms with van der Waals surface area (Å²) in [5, 5.41) is 9.58. The van der Waals surface area contributed by atoms with Crippen LogP contribution in [0.5, 0.6) is 0 Å². The van der Waals surface area contributed by atoms with Crippen LogP contribution in [-0.4, -0.2) is 70.6 Å². The molecule has 1 aromatic heterocycles. The van der Waals surface area contributed by atoms with Gasteiger partial charge in [-0.25, -0.2) is 20.3 Å². The first-order chi connectivity index (χ1) is 19.3. The van der Waals surface area contributed by atoms with E-state index in [4.69, 9.17) is 11.6 Å².